The van der Waals surface area contributed by atoms with Gasteiger partial charge in [-0.3, -0.25) is 0 Å². The topological polar surface area (TPSA) is 12.0 Å². The van der Waals surface area contributed by atoms with E-state index in [1.165, 1.54) is 25.9 Å². The van der Waals surface area contributed by atoms with Crippen molar-refractivity contribution < 1.29 is 0 Å². The Morgan fingerprint density at radius 3 is 2.33 bits per heavy atom. The number of piperidine rings is 1. The molecule has 1 rings (SSSR count). The molecule has 1 heterocycles. The molecule has 0 aromatic rings. The summed E-state index contributed by atoms with van der Waals surface area (Å²) in [6.45, 7) is 8.65. The number of rotatable bonds is 1. The van der Waals surface area contributed by atoms with Crippen molar-refractivity contribution in [3.8, 4) is 0 Å². The van der Waals surface area contributed by atoms with E-state index in [-0.39, 0.29) is 0 Å². The summed E-state index contributed by atoms with van der Waals surface area (Å²) in [5.74, 6) is 1.53. The fraction of sp³-hybridized carbons (Fsp3) is 0.875. The van der Waals surface area contributed by atoms with Crippen molar-refractivity contribution in [1.82, 2.24) is 5.32 Å². The van der Waals surface area contributed by atoms with Crippen molar-refractivity contribution in [3.05, 3.63) is 6.92 Å². The summed E-state index contributed by atoms with van der Waals surface area (Å²) in [5.41, 5.74) is 0. The minimum absolute atomic E-state index is 0.645. The van der Waals surface area contributed by atoms with Crippen LogP contribution in [0.3, 0.4) is 0 Å². The minimum Gasteiger partial charge on any atom is -0.317 e. The van der Waals surface area contributed by atoms with Gasteiger partial charge in [0.2, 0.25) is 0 Å². The van der Waals surface area contributed by atoms with Gasteiger partial charge in [0.05, 0.1) is 0 Å². The Morgan fingerprint density at radius 2 is 2.00 bits per heavy atom. The summed E-state index contributed by atoms with van der Waals surface area (Å²) < 4.78 is 0. The first-order valence-electron chi connectivity index (χ1n) is 3.84. The predicted octanol–water partition coefficient (Wildman–Crippen LogP) is 1.46. The standard InChI is InChI=1S/C8H16N/c1-7(2)8-3-5-9-6-4-8/h7-9H,1,3-6H2,2H3. The summed E-state index contributed by atoms with van der Waals surface area (Å²) in [4.78, 5) is 0. The monoisotopic (exact) mass is 126 g/mol. The lowest BCUT2D eigenvalue weighted by Gasteiger charge is -2.25. The van der Waals surface area contributed by atoms with Gasteiger partial charge in [-0.15, -0.1) is 0 Å². The molecular weight excluding hydrogens is 110 g/mol. The lowest BCUT2D eigenvalue weighted by atomic mass is 9.87. The van der Waals surface area contributed by atoms with Crippen LogP contribution in [0.25, 0.3) is 0 Å². The van der Waals surface area contributed by atoms with Gasteiger partial charge in [-0.1, -0.05) is 13.8 Å². The second kappa shape index (κ2) is 3.21. The molecule has 9 heavy (non-hydrogen) atoms. The molecule has 1 fully saturated rings. The van der Waals surface area contributed by atoms with Crippen LogP contribution in [0.2, 0.25) is 0 Å². The molecular formula is C8H16N. The van der Waals surface area contributed by atoms with Crippen molar-refractivity contribution in [2.45, 2.75) is 19.8 Å². The van der Waals surface area contributed by atoms with Gasteiger partial charge in [0.1, 0.15) is 0 Å². The van der Waals surface area contributed by atoms with Gasteiger partial charge in [0.15, 0.2) is 0 Å². The van der Waals surface area contributed by atoms with Crippen molar-refractivity contribution in [3.63, 3.8) is 0 Å². The van der Waals surface area contributed by atoms with Gasteiger partial charge in [-0.2, -0.15) is 0 Å². The zero-order chi connectivity index (χ0) is 6.69. The lowest BCUT2D eigenvalue weighted by Crippen LogP contribution is -2.30. The van der Waals surface area contributed by atoms with Crippen LogP contribution in [0, 0.1) is 18.8 Å². The second-order valence-electron chi connectivity index (χ2n) is 3.06. The summed E-state index contributed by atoms with van der Waals surface area (Å²) in [6.07, 6.45) is 2.65. The Kier molecular flexibility index (Phi) is 2.52. The van der Waals surface area contributed by atoms with E-state index in [0.29, 0.717) is 5.92 Å². The van der Waals surface area contributed by atoms with E-state index < -0.39 is 0 Å². The van der Waals surface area contributed by atoms with E-state index in [4.69, 9.17) is 0 Å². The molecule has 0 bridgehead atoms. The highest BCUT2D eigenvalue weighted by atomic mass is 14.9. The fourth-order valence-electron chi connectivity index (χ4n) is 1.41. The molecule has 1 atom stereocenters. The highest BCUT2D eigenvalue weighted by Crippen LogP contribution is 2.19. The minimum atomic E-state index is 0.645. The SMILES string of the molecule is [CH2]C(C)C1CCNCC1. The molecule has 0 aromatic heterocycles. The zero-order valence-corrected chi connectivity index (χ0v) is 6.19. The molecule has 1 aliphatic heterocycles. The Bertz CT molecular complexity index is 72.6. The van der Waals surface area contributed by atoms with E-state index in [1.807, 2.05) is 0 Å². The van der Waals surface area contributed by atoms with Crippen molar-refractivity contribution >= 4 is 0 Å². The quantitative estimate of drug-likeness (QED) is 0.561. The van der Waals surface area contributed by atoms with Gasteiger partial charge in [-0.05, 0) is 37.8 Å². The van der Waals surface area contributed by atoms with Crippen LogP contribution in [0.4, 0.5) is 0 Å². The first kappa shape index (κ1) is 7.07. The molecule has 0 aromatic carbocycles. The number of hydrogen-bond donors (Lipinski definition) is 1. The highest BCUT2D eigenvalue weighted by molar-refractivity contribution is 4.73. The van der Waals surface area contributed by atoms with Crippen LogP contribution < -0.4 is 5.32 Å². The van der Waals surface area contributed by atoms with Crippen molar-refractivity contribution in [1.29, 1.82) is 0 Å². The smallest absolute Gasteiger partial charge is 0.00462 e. The number of hydrogen-bond acceptors (Lipinski definition) is 1. The van der Waals surface area contributed by atoms with E-state index in [1.54, 1.807) is 0 Å². The molecule has 1 saturated heterocycles. The predicted molar refractivity (Wildman–Crippen MR) is 40.1 cm³/mol. The van der Waals surface area contributed by atoms with Crippen LogP contribution in [0.15, 0.2) is 0 Å². The van der Waals surface area contributed by atoms with Gasteiger partial charge >= 0.3 is 0 Å². The van der Waals surface area contributed by atoms with Gasteiger partial charge in [0.25, 0.3) is 0 Å². The molecule has 0 aliphatic carbocycles. The molecule has 1 nitrogen and oxygen atoms in total. The molecule has 1 N–H and O–H groups in total. The molecule has 1 unspecified atom stereocenters. The molecule has 1 radical (unpaired) electrons. The largest absolute Gasteiger partial charge is 0.317 e. The molecule has 53 valence electrons. The first-order chi connectivity index (χ1) is 4.30. The Balaban J connectivity index is 2.23. The van der Waals surface area contributed by atoms with Crippen LogP contribution in [0.5, 0.6) is 0 Å². The van der Waals surface area contributed by atoms with E-state index >= 15 is 0 Å². The molecule has 0 saturated carbocycles. The summed E-state index contributed by atoms with van der Waals surface area (Å²) in [6, 6.07) is 0. The normalized spacial score (nSPS) is 23.0. The van der Waals surface area contributed by atoms with Gasteiger partial charge < -0.3 is 5.32 Å². The average molecular weight is 126 g/mol. The van der Waals surface area contributed by atoms with E-state index in [2.05, 4.69) is 19.2 Å². The Morgan fingerprint density at radius 1 is 1.44 bits per heavy atom. The molecule has 0 spiro atoms. The van der Waals surface area contributed by atoms with E-state index in [9.17, 15) is 0 Å². The lowest BCUT2D eigenvalue weighted by molar-refractivity contribution is 0.312. The van der Waals surface area contributed by atoms with E-state index in [0.717, 1.165) is 5.92 Å². The summed E-state index contributed by atoms with van der Waals surface area (Å²) in [7, 11) is 0. The maximum Gasteiger partial charge on any atom is -0.00462 e. The first-order valence-corrected chi connectivity index (χ1v) is 3.84. The van der Waals surface area contributed by atoms with Gasteiger partial charge in [0, 0.05) is 0 Å². The maximum absolute atomic E-state index is 4.03. The third kappa shape index (κ3) is 1.98. The average Bonchev–Trinajstić information content (AvgIpc) is 1.90. The van der Waals surface area contributed by atoms with Crippen LogP contribution in [-0.4, -0.2) is 13.1 Å². The maximum atomic E-state index is 4.03. The van der Waals surface area contributed by atoms with Crippen LogP contribution in [-0.2, 0) is 0 Å². The molecule has 1 heteroatoms. The fourth-order valence-corrected chi connectivity index (χ4v) is 1.41. The molecule has 1 aliphatic rings. The molecule has 0 amide bonds. The van der Waals surface area contributed by atoms with Crippen LogP contribution in [0.1, 0.15) is 19.8 Å². The Hall–Kier alpha value is -0.0400. The third-order valence-electron chi connectivity index (χ3n) is 2.19. The zero-order valence-electron chi connectivity index (χ0n) is 6.19. The summed E-state index contributed by atoms with van der Waals surface area (Å²) >= 11 is 0. The Labute approximate surface area is 57.8 Å². The van der Waals surface area contributed by atoms with Crippen molar-refractivity contribution in [2.24, 2.45) is 11.8 Å². The van der Waals surface area contributed by atoms with Crippen molar-refractivity contribution in [2.75, 3.05) is 13.1 Å². The van der Waals surface area contributed by atoms with Crippen LogP contribution >= 0.6 is 0 Å². The number of nitrogens with one attached hydrogen (secondary N) is 1. The summed E-state index contributed by atoms with van der Waals surface area (Å²) in [5, 5.41) is 3.34. The highest BCUT2D eigenvalue weighted by Gasteiger charge is 2.15. The third-order valence-corrected chi connectivity index (χ3v) is 2.19. The van der Waals surface area contributed by atoms with Gasteiger partial charge in [-0.25, -0.2) is 0 Å². The second-order valence-corrected chi connectivity index (χ2v) is 3.06.